The standard InChI is InChI=1S/C13H28N2O2/c1-2-6-14-12-13-5-3-4-7-15(13)8-10-17-11-9-16/h13-14,16H,2-12H2,1H3. The lowest BCUT2D eigenvalue weighted by Crippen LogP contribution is -2.46. The summed E-state index contributed by atoms with van der Waals surface area (Å²) in [6.07, 6.45) is 5.17. The lowest BCUT2D eigenvalue weighted by atomic mass is 10.0. The highest BCUT2D eigenvalue weighted by atomic mass is 16.5. The molecule has 1 fully saturated rings. The predicted molar refractivity (Wildman–Crippen MR) is 70.3 cm³/mol. The van der Waals surface area contributed by atoms with Crippen LogP contribution in [-0.2, 0) is 4.74 Å². The zero-order valence-corrected chi connectivity index (χ0v) is 11.2. The van der Waals surface area contributed by atoms with Gasteiger partial charge in [0.25, 0.3) is 0 Å². The summed E-state index contributed by atoms with van der Waals surface area (Å²) >= 11 is 0. The molecule has 1 unspecified atom stereocenters. The molecule has 0 aliphatic carbocycles. The van der Waals surface area contributed by atoms with Crippen LogP contribution in [0.15, 0.2) is 0 Å². The fourth-order valence-corrected chi connectivity index (χ4v) is 2.38. The Balaban J connectivity index is 2.17. The lowest BCUT2D eigenvalue weighted by Gasteiger charge is -2.35. The first-order chi connectivity index (χ1) is 8.38. The normalized spacial score (nSPS) is 21.9. The maximum Gasteiger partial charge on any atom is 0.0698 e. The van der Waals surface area contributed by atoms with Gasteiger partial charge in [-0.3, -0.25) is 4.90 Å². The SMILES string of the molecule is CCCNCC1CCCCN1CCOCCO. The van der Waals surface area contributed by atoms with Crippen molar-refractivity contribution in [3.05, 3.63) is 0 Å². The summed E-state index contributed by atoms with van der Waals surface area (Å²) < 4.78 is 5.35. The second-order valence-electron chi connectivity index (χ2n) is 4.73. The fourth-order valence-electron chi connectivity index (χ4n) is 2.38. The van der Waals surface area contributed by atoms with Gasteiger partial charge in [-0.05, 0) is 32.4 Å². The zero-order chi connectivity index (χ0) is 12.3. The first-order valence-corrected chi connectivity index (χ1v) is 7.01. The number of piperidine rings is 1. The van der Waals surface area contributed by atoms with Crippen LogP contribution >= 0.6 is 0 Å². The number of aliphatic hydroxyl groups is 1. The third-order valence-electron chi connectivity index (χ3n) is 3.31. The summed E-state index contributed by atoms with van der Waals surface area (Å²) in [6, 6.07) is 0.674. The Hall–Kier alpha value is -0.160. The van der Waals surface area contributed by atoms with Crippen molar-refractivity contribution in [1.29, 1.82) is 0 Å². The molecule has 0 aromatic heterocycles. The number of aliphatic hydroxyl groups excluding tert-OH is 1. The highest BCUT2D eigenvalue weighted by Crippen LogP contribution is 2.15. The van der Waals surface area contributed by atoms with E-state index < -0.39 is 0 Å². The van der Waals surface area contributed by atoms with Gasteiger partial charge < -0.3 is 15.2 Å². The summed E-state index contributed by atoms with van der Waals surface area (Å²) in [5, 5.41) is 12.2. The Morgan fingerprint density at radius 1 is 1.35 bits per heavy atom. The van der Waals surface area contributed by atoms with E-state index in [4.69, 9.17) is 9.84 Å². The van der Waals surface area contributed by atoms with Gasteiger partial charge in [0.15, 0.2) is 0 Å². The fraction of sp³-hybridized carbons (Fsp3) is 1.00. The largest absolute Gasteiger partial charge is 0.394 e. The van der Waals surface area contributed by atoms with E-state index in [1.165, 1.54) is 32.2 Å². The maximum absolute atomic E-state index is 8.65. The molecule has 0 spiro atoms. The molecule has 0 aromatic carbocycles. The minimum Gasteiger partial charge on any atom is -0.394 e. The van der Waals surface area contributed by atoms with Crippen molar-refractivity contribution in [3.63, 3.8) is 0 Å². The molecule has 4 heteroatoms. The van der Waals surface area contributed by atoms with E-state index in [-0.39, 0.29) is 6.61 Å². The van der Waals surface area contributed by atoms with E-state index in [2.05, 4.69) is 17.1 Å². The lowest BCUT2D eigenvalue weighted by molar-refractivity contribution is 0.0534. The van der Waals surface area contributed by atoms with Crippen LogP contribution in [0, 0.1) is 0 Å². The van der Waals surface area contributed by atoms with Gasteiger partial charge in [-0.2, -0.15) is 0 Å². The summed E-state index contributed by atoms with van der Waals surface area (Å²) in [7, 11) is 0. The van der Waals surface area contributed by atoms with Gasteiger partial charge >= 0.3 is 0 Å². The highest BCUT2D eigenvalue weighted by Gasteiger charge is 2.21. The van der Waals surface area contributed by atoms with Crippen molar-refractivity contribution >= 4 is 0 Å². The van der Waals surface area contributed by atoms with Gasteiger partial charge in [-0.1, -0.05) is 13.3 Å². The predicted octanol–water partition coefficient (Wildman–Crippen LogP) is 0.849. The molecule has 0 amide bonds. The summed E-state index contributed by atoms with van der Waals surface area (Å²) in [5.74, 6) is 0. The number of nitrogens with zero attached hydrogens (tertiary/aromatic N) is 1. The molecule has 2 N–H and O–H groups in total. The molecule has 1 heterocycles. The van der Waals surface area contributed by atoms with Crippen LogP contribution in [0.25, 0.3) is 0 Å². The van der Waals surface area contributed by atoms with Gasteiger partial charge in [0, 0.05) is 19.1 Å². The van der Waals surface area contributed by atoms with Crippen LogP contribution in [-0.4, -0.2) is 62.0 Å². The molecule has 1 aliphatic heterocycles. The van der Waals surface area contributed by atoms with Crippen LogP contribution in [0.3, 0.4) is 0 Å². The molecule has 1 aliphatic rings. The van der Waals surface area contributed by atoms with Crippen LogP contribution in [0.1, 0.15) is 32.6 Å². The Labute approximate surface area is 105 Å². The van der Waals surface area contributed by atoms with Crippen molar-refractivity contribution in [2.45, 2.75) is 38.6 Å². The molecule has 1 rings (SSSR count). The summed E-state index contributed by atoms with van der Waals surface area (Å²) in [6.45, 7) is 7.95. The molecule has 0 bridgehead atoms. The Morgan fingerprint density at radius 2 is 2.24 bits per heavy atom. The minimum atomic E-state index is 0.126. The average Bonchev–Trinajstić information content (AvgIpc) is 2.36. The van der Waals surface area contributed by atoms with E-state index in [0.29, 0.717) is 12.6 Å². The molecule has 0 saturated carbocycles. The van der Waals surface area contributed by atoms with Gasteiger partial charge in [0.1, 0.15) is 0 Å². The van der Waals surface area contributed by atoms with Crippen molar-refractivity contribution < 1.29 is 9.84 Å². The number of ether oxygens (including phenoxy) is 1. The summed E-state index contributed by atoms with van der Waals surface area (Å²) in [4.78, 5) is 2.53. The topological polar surface area (TPSA) is 44.7 Å². The van der Waals surface area contributed by atoms with E-state index >= 15 is 0 Å². The molecule has 0 aromatic rings. The number of hydrogen-bond acceptors (Lipinski definition) is 4. The molecule has 17 heavy (non-hydrogen) atoms. The quantitative estimate of drug-likeness (QED) is 0.590. The first kappa shape index (κ1) is 14.9. The first-order valence-electron chi connectivity index (χ1n) is 7.01. The number of rotatable bonds is 9. The zero-order valence-electron chi connectivity index (χ0n) is 11.2. The van der Waals surface area contributed by atoms with Gasteiger partial charge in [-0.15, -0.1) is 0 Å². The van der Waals surface area contributed by atoms with Crippen LogP contribution in [0.5, 0.6) is 0 Å². The Kier molecular flexibility index (Phi) is 8.61. The van der Waals surface area contributed by atoms with Crippen molar-refractivity contribution in [3.8, 4) is 0 Å². The second-order valence-corrected chi connectivity index (χ2v) is 4.73. The molecule has 102 valence electrons. The van der Waals surface area contributed by atoms with E-state index in [1.807, 2.05) is 0 Å². The molecule has 1 saturated heterocycles. The third kappa shape index (κ3) is 6.36. The van der Waals surface area contributed by atoms with Crippen molar-refractivity contribution in [1.82, 2.24) is 10.2 Å². The average molecular weight is 244 g/mol. The summed E-state index contributed by atoms with van der Waals surface area (Å²) in [5.41, 5.74) is 0. The molecular formula is C13H28N2O2. The highest BCUT2D eigenvalue weighted by molar-refractivity contribution is 4.78. The van der Waals surface area contributed by atoms with Crippen molar-refractivity contribution in [2.24, 2.45) is 0 Å². The van der Waals surface area contributed by atoms with Gasteiger partial charge in [-0.25, -0.2) is 0 Å². The van der Waals surface area contributed by atoms with E-state index in [1.54, 1.807) is 0 Å². The monoisotopic (exact) mass is 244 g/mol. The van der Waals surface area contributed by atoms with Crippen LogP contribution in [0.2, 0.25) is 0 Å². The molecule has 4 nitrogen and oxygen atoms in total. The van der Waals surface area contributed by atoms with Gasteiger partial charge in [0.05, 0.1) is 19.8 Å². The molecule has 1 atom stereocenters. The smallest absolute Gasteiger partial charge is 0.0698 e. The van der Waals surface area contributed by atoms with E-state index in [0.717, 1.165) is 26.2 Å². The Bertz CT molecular complexity index is 179. The minimum absolute atomic E-state index is 0.126. The number of nitrogens with one attached hydrogen (secondary N) is 1. The Morgan fingerprint density at radius 3 is 3.00 bits per heavy atom. The number of hydrogen-bond donors (Lipinski definition) is 2. The third-order valence-corrected chi connectivity index (χ3v) is 3.31. The van der Waals surface area contributed by atoms with Crippen LogP contribution in [0.4, 0.5) is 0 Å². The second kappa shape index (κ2) is 9.83. The number of likely N-dealkylation sites (tertiary alicyclic amines) is 1. The maximum atomic E-state index is 8.65. The molecular weight excluding hydrogens is 216 g/mol. The van der Waals surface area contributed by atoms with Crippen molar-refractivity contribution in [2.75, 3.05) is 46.0 Å². The van der Waals surface area contributed by atoms with Crippen LogP contribution < -0.4 is 5.32 Å². The van der Waals surface area contributed by atoms with E-state index in [9.17, 15) is 0 Å². The van der Waals surface area contributed by atoms with Gasteiger partial charge in [0.2, 0.25) is 0 Å². The molecule has 0 radical (unpaired) electrons.